The second-order valence-electron chi connectivity index (χ2n) is 3.33. The van der Waals surface area contributed by atoms with E-state index in [1.165, 1.54) is 0 Å². The molecule has 1 aliphatic heterocycles. The van der Waals surface area contributed by atoms with Crippen LogP contribution in [0.4, 0.5) is 0 Å². The van der Waals surface area contributed by atoms with E-state index in [4.69, 9.17) is 28.7 Å². The van der Waals surface area contributed by atoms with Crippen LogP contribution in [0.25, 0.3) is 0 Å². The van der Waals surface area contributed by atoms with Gasteiger partial charge in [0.1, 0.15) is 26.7 Å². The Morgan fingerprint density at radius 3 is 2.87 bits per heavy atom. The zero-order valence-electron chi connectivity index (χ0n) is 7.89. The van der Waals surface area contributed by atoms with Crippen LogP contribution in [0, 0.1) is 0 Å². The maximum atomic E-state index is 10.9. The van der Waals surface area contributed by atoms with E-state index in [0.29, 0.717) is 0 Å². The summed E-state index contributed by atoms with van der Waals surface area (Å²) >= 11 is 7.67. The van der Waals surface area contributed by atoms with Gasteiger partial charge in [0.25, 0.3) is 0 Å². The van der Waals surface area contributed by atoms with Crippen molar-refractivity contribution in [3.05, 3.63) is 0 Å². The summed E-state index contributed by atoms with van der Waals surface area (Å²) in [5, 5.41) is 9.74. The van der Waals surface area contributed by atoms with Crippen molar-refractivity contribution >= 4 is 50.5 Å². The summed E-state index contributed by atoms with van der Waals surface area (Å²) in [6.45, 7) is 1.56. The minimum absolute atomic E-state index is 0.0254. The molecule has 1 heterocycles. The molecular weight excluding hydrogens is 354 g/mol. The van der Waals surface area contributed by atoms with E-state index in [2.05, 4.69) is 3.30 Å². The van der Waals surface area contributed by atoms with Crippen LogP contribution >= 0.6 is 42.6 Å². The molecule has 1 aliphatic rings. The van der Waals surface area contributed by atoms with E-state index in [-0.39, 0.29) is 6.61 Å². The number of ether oxygens (including phenoxy) is 1. The Bertz CT molecular complexity index is 259. The number of hydrogen-bond donors (Lipinski definition) is 2. The highest BCUT2D eigenvalue weighted by molar-refractivity contribution is 14.1. The third-order valence-electron chi connectivity index (χ3n) is 2.23. The van der Waals surface area contributed by atoms with Gasteiger partial charge in [0.05, 0.1) is 27.7 Å². The fourth-order valence-electron chi connectivity index (χ4n) is 1.22. The van der Waals surface area contributed by atoms with E-state index in [1.807, 2.05) is 0 Å². The van der Waals surface area contributed by atoms with Crippen LogP contribution in [0.1, 0.15) is 6.92 Å². The number of halogens is 2. The quantitative estimate of drug-likeness (QED) is 0.255. The molecule has 0 saturated carbocycles. The number of aliphatic hydroxyl groups is 1. The van der Waals surface area contributed by atoms with E-state index >= 15 is 0 Å². The fraction of sp³-hybridized carbons (Fsp3) is 1.00. The van der Waals surface area contributed by atoms with Gasteiger partial charge in [0.15, 0.2) is 0 Å². The highest BCUT2D eigenvalue weighted by atomic mass is 127. The largest absolute Gasteiger partial charge is 0.622 e. The molecule has 0 aromatic rings. The van der Waals surface area contributed by atoms with Crippen molar-refractivity contribution in [3.63, 3.8) is 0 Å². The number of hydrogen-bond acceptors (Lipinski definition) is 4. The van der Waals surface area contributed by atoms with Crippen molar-refractivity contribution in [2.75, 3.05) is 6.61 Å². The van der Waals surface area contributed by atoms with Gasteiger partial charge < -0.3 is 9.84 Å². The molecule has 2 radical (unpaired) electrons. The van der Waals surface area contributed by atoms with Crippen molar-refractivity contribution in [1.82, 2.24) is 3.30 Å². The lowest BCUT2D eigenvalue weighted by Gasteiger charge is -2.22. The number of alkyl halides is 1. The Morgan fingerprint density at radius 1 is 1.87 bits per heavy atom. The summed E-state index contributed by atoms with van der Waals surface area (Å²) in [4.78, 5) is -1.04. The SMILES string of the molecule is [B][C@@H]1O[C@H](CO[P+](=O)NI)[C@@H](O)[C@@]1(C)Cl. The predicted octanol–water partition coefficient (Wildman–Crippen LogP) is 0.852. The zero-order chi connectivity index (χ0) is 11.6. The molecule has 9 heteroatoms. The van der Waals surface area contributed by atoms with Crippen LogP contribution in [0.2, 0.25) is 0 Å². The Morgan fingerprint density at radius 2 is 2.47 bits per heavy atom. The minimum Gasteiger partial charge on any atom is -0.388 e. The molecule has 0 spiro atoms. The molecule has 15 heavy (non-hydrogen) atoms. The number of aliphatic hydroxyl groups excluding tert-OH is 1. The predicted molar refractivity (Wildman–Crippen MR) is 65.4 cm³/mol. The van der Waals surface area contributed by atoms with Crippen molar-refractivity contribution in [2.45, 2.75) is 30.0 Å². The maximum Gasteiger partial charge on any atom is 0.622 e. The van der Waals surface area contributed by atoms with Crippen molar-refractivity contribution in [2.24, 2.45) is 0 Å². The Balaban J connectivity index is 2.49. The molecule has 0 bridgehead atoms. The molecule has 2 N–H and O–H groups in total. The van der Waals surface area contributed by atoms with E-state index in [1.54, 1.807) is 29.8 Å². The van der Waals surface area contributed by atoms with Crippen LogP contribution in [0.3, 0.4) is 0 Å². The van der Waals surface area contributed by atoms with Crippen LogP contribution in [0.5, 0.6) is 0 Å². The van der Waals surface area contributed by atoms with Crippen molar-refractivity contribution in [3.8, 4) is 0 Å². The lowest BCUT2D eigenvalue weighted by atomic mass is 9.85. The number of nitrogens with one attached hydrogen (secondary N) is 1. The maximum absolute atomic E-state index is 10.9. The first kappa shape index (κ1) is 14.1. The van der Waals surface area contributed by atoms with E-state index in [9.17, 15) is 9.67 Å². The standard InChI is InChI=1S/C6H10BClINO4P/c1-6(8)4(11)3(14-5(6)7)2-13-15(12)10-9/h3-5,11H,2H2,1H3,(H,10,12)/q+1/t3-,4-,5-,6-/m1/s1. The molecule has 1 rings (SSSR count). The number of rotatable bonds is 4. The van der Waals surface area contributed by atoms with Crippen molar-refractivity contribution < 1.29 is 18.9 Å². The summed E-state index contributed by atoms with van der Waals surface area (Å²) in [7, 11) is 3.63. The molecule has 0 aromatic heterocycles. The second-order valence-corrected chi connectivity index (χ2v) is 6.53. The summed E-state index contributed by atoms with van der Waals surface area (Å²) in [6, 6.07) is -0.770. The third-order valence-corrected chi connectivity index (χ3v) is 4.38. The molecule has 0 amide bonds. The first-order valence-corrected chi connectivity index (χ1v) is 6.77. The average Bonchev–Trinajstić information content (AvgIpc) is 2.38. The van der Waals surface area contributed by atoms with Crippen LogP contribution in [0.15, 0.2) is 0 Å². The molecule has 1 fully saturated rings. The fourth-order valence-corrected chi connectivity index (χ4v) is 2.16. The normalized spacial score (nSPS) is 41.9. The van der Waals surface area contributed by atoms with Gasteiger partial charge in [-0.15, -0.1) is 16.1 Å². The first-order chi connectivity index (χ1) is 6.89. The molecule has 1 unspecified atom stereocenters. The van der Waals surface area contributed by atoms with Gasteiger partial charge in [0, 0.05) is 6.00 Å². The topological polar surface area (TPSA) is 67.8 Å². The molecule has 0 aliphatic carbocycles. The van der Waals surface area contributed by atoms with Crippen molar-refractivity contribution in [1.29, 1.82) is 0 Å². The van der Waals surface area contributed by atoms with Gasteiger partial charge in [0.2, 0.25) is 0 Å². The van der Waals surface area contributed by atoms with Gasteiger partial charge in [-0.1, -0.05) is 0 Å². The summed E-state index contributed by atoms with van der Waals surface area (Å²) in [6.07, 6.45) is -1.61. The molecule has 5 atom stereocenters. The van der Waals surface area contributed by atoms with Gasteiger partial charge in [-0.2, -0.15) is 0 Å². The Hall–Kier alpha value is 1.02. The van der Waals surface area contributed by atoms with Gasteiger partial charge >= 0.3 is 8.18 Å². The van der Waals surface area contributed by atoms with Crippen LogP contribution in [-0.2, 0) is 13.8 Å². The Kier molecular flexibility index (Phi) is 5.24. The lowest BCUT2D eigenvalue weighted by molar-refractivity contribution is 0.00374. The molecular formula is C6H10BClINO4P+. The summed E-state index contributed by atoms with van der Waals surface area (Å²) < 4.78 is 23.4. The molecule has 5 nitrogen and oxygen atoms in total. The first-order valence-electron chi connectivity index (χ1n) is 4.14. The minimum atomic E-state index is -1.95. The summed E-state index contributed by atoms with van der Waals surface area (Å²) in [5.74, 6) is 0. The second kappa shape index (κ2) is 5.57. The zero-order valence-corrected chi connectivity index (χ0v) is 11.7. The van der Waals surface area contributed by atoms with Gasteiger partial charge in [-0.25, -0.2) is 0 Å². The molecule has 1 saturated heterocycles. The summed E-state index contributed by atoms with van der Waals surface area (Å²) in [5.41, 5.74) is 0. The highest BCUT2D eigenvalue weighted by Crippen LogP contribution is 2.36. The monoisotopic (exact) mass is 364 g/mol. The van der Waals surface area contributed by atoms with E-state index < -0.39 is 31.3 Å². The van der Waals surface area contributed by atoms with Crippen LogP contribution < -0.4 is 3.30 Å². The van der Waals surface area contributed by atoms with Gasteiger partial charge in [-0.05, 0) is 14.8 Å². The van der Waals surface area contributed by atoms with Gasteiger partial charge in [-0.3, -0.25) is 0 Å². The highest BCUT2D eigenvalue weighted by Gasteiger charge is 2.50. The smallest absolute Gasteiger partial charge is 0.388 e. The molecule has 0 aromatic carbocycles. The Labute approximate surface area is 109 Å². The van der Waals surface area contributed by atoms with E-state index in [0.717, 1.165) is 0 Å². The molecule has 84 valence electrons. The average molecular weight is 364 g/mol. The lowest BCUT2D eigenvalue weighted by Crippen LogP contribution is -2.41. The van der Waals surface area contributed by atoms with Crippen LogP contribution in [-0.4, -0.2) is 42.6 Å². The third kappa shape index (κ3) is 3.25.